The average Bonchev–Trinajstić information content (AvgIpc) is 2.94. The molecule has 2 aliphatic heterocycles. The second-order valence-electron chi connectivity index (χ2n) is 5.37. The van der Waals surface area contributed by atoms with Crippen LogP contribution in [-0.2, 0) is 4.74 Å². The third kappa shape index (κ3) is 3.46. The Kier molecular flexibility index (Phi) is 4.26. The highest BCUT2D eigenvalue weighted by molar-refractivity contribution is 5.94. The largest absolute Gasteiger partial charge is 0.454 e. The third-order valence-electron chi connectivity index (χ3n) is 3.73. The number of nitrogens with one attached hydrogen (secondary N) is 1. The fraction of sp³-hybridized carbons (Fsp3) is 0.533. The van der Waals surface area contributed by atoms with Crippen molar-refractivity contribution in [2.75, 3.05) is 40.1 Å². The van der Waals surface area contributed by atoms with E-state index in [-0.39, 0.29) is 18.8 Å². The first-order valence-electron chi connectivity index (χ1n) is 7.20. The summed E-state index contributed by atoms with van der Waals surface area (Å²) in [5, 5.41) is 2.92. The van der Waals surface area contributed by atoms with Crippen LogP contribution in [0.15, 0.2) is 18.2 Å². The third-order valence-corrected chi connectivity index (χ3v) is 3.73. The molecule has 1 N–H and O–H groups in total. The van der Waals surface area contributed by atoms with Crippen molar-refractivity contribution in [1.82, 2.24) is 10.2 Å². The van der Waals surface area contributed by atoms with E-state index in [4.69, 9.17) is 14.2 Å². The molecule has 2 aliphatic rings. The fourth-order valence-corrected chi connectivity index (χ4v) is 2.53. The summed E-state index contributed by atoms with van der Waals surface area (Å²) >= 11 is 0. The summed E-state index contributed by atoms with van der Waals surface area (Å²) in [4.78, 5) is 14.3. The summed E-state index contributed by atoms with van der Waals surface area (Å²) in [5.74, 6) is 1.21. The fourth-order valence-electron chi connectivity index (χ4n) is 2.53. The molecule has 6 nitrogen and oxygen atoms in total. The SMILES string of the molecule is CN1CCOC(CCNC(=O)c2ccc3c(c2)OCO3)C1. The molecule has 6 heteroatoms. The molecule has 1 aromatic rings. The van der Waals surface area contributed by atoms with Crippen LogP contribution in [0.2, 0.25) is 0 Å². The Balaban J connectivity index is 1.48. The molecule has 3 rings (SSSR count). The summed E-state index contributed by atoms with van der Waals surface area (Å²) in [5.41, 5.74) is 0.584. The Bertz CT molecular complexity index is 520. The Hall–Kier alpha value is -1.79. The van der Waals surface area contributed by atoms with Gasteiger partial charge in [0.2, 0.25) is 6.79 Å². The van der Waals surface area contributed by atoms with Crippen LogP contribution in [0.3, 0.4) is 0 Å². The van der Waals surface area contributed by atoms with E-state index >= 15 is 0 Å². The van der Waals surface area contributed by atoms with Crippen LogP contribution in [0.5, 0.6) is 11.5 Å². The molecular weight excluding hydrogens is 272 g/mol. The molecule has 0 radical (unpaired) electrons. The normalized spacial score (nSPS) is 21.3. The van der Waals surface area contributed by atoms with Gasteiger partial charge in [0.15, 0.2) is 11.5 Å². The molecular formula is C15H20N2O4. The summed E-state index contributed by atoms with van der Waals surface area (Å²) in [7, 11) is 2.08. The van der Waals surface area contributed by atoms with Crippen molar-refractivity contribution in [2.24, 2.45) is 0 Å². The standard InChI is InChI=1S/C15H20N2O4/c1-17-6-7-19-12(9-17)4-5-16-15(18)11-2-3-13-14(8-11)21-10-20-13/h2-3,8,12H,4-7,9-10H2,1H3,(H,16,18). The van der Waals surface area contributed by atoms with Crippen LogP contribution in [0.25, 0.3) is 0 Å². The van der Waals surface area contributed by atoms with Gasteiger partial charge >= 0.3 is 0 Å². The van der Waals surface area contributed by atoms with Gasteiger partial charge in [-0.25, -0.2) is 0 Å². The van der Waals surface area contributed by atoms with Gasteiger partial charge in [-0.05, 0) is 31.7 Å². The molecule has 2 heterocycles. The highest BCUT2D eigenvalue weighted by Crippen LogP contribution is 2.32. The number of likely N-dealkylation sites (N-methyl/N-ethyl adjacent to an activating group) is 1. The maximum atomic E-state index is 12.1. The van der Waals surface area contributed by atoms with E-state index in [9.17, 15) is 4.79 Å². The van der Waals surface area contributed by atoms with Crippen molar-refractivity contribution in [1.29, 1.82) is 0 Å². The molecule has 21 heavy (non-hydrogen) atoms. The molecule has 0 bridgehead atoms. The number of fused-ring (bicyclic) bond motifs is 1. The summed E-state index contributed by atoms with van der Waals surface area (Å²) in [6.07, 6.45) is 1.02. The van der Waals surface area contributed by atoms with Gasteiger partial charge in [-0.15, -0.1) is 0 Å². The van der Waals surface area contributed by atoms with Crippen LogP contribution in [0.1, 0.15) is 16.8 Å². The van der Waals surface area contributed by atoms with Crippen molar-refractivity contribution >= 4 is 5.91 Å². The van der Waals surface area contributed by atoms with Gasteiger partial charge in [0.05, 0.1) is 12.7 Å². The number of rotatable bonds is 4. The van der Waals surface area contributed by atoms with Gasteiger partial charge < -0.3 is 24.4 Å². The quantitative estimate of drug-likeness (QED) is 0.892. The molecule has 0 aliphatic carbocycles. The van der Waals surface area contributed by atoms with Crippen molar-refractivity contribution < 1.29 is 19.0 Å². The zero-order chi connectivity index (χ0) is 14.7. The number of morpholine rings is 1. The number of amides is 1. The molecule has 0 saturated carbocycles. The monoisotopic (exact) mass is 292 g/mol. The zero-order valence-electron chi connectivity index (χ0n) is 12.1. The second-order valence-corrected chi connectivity index (χ2v) is 5.37. The van der Waals surface area contributed by atoms with Gasteiger partial charge in [-0.2, -0.15) is 0 Å². The number of benzene rings is 1. The zero-order valence-corrected chi connectivity index (χ0v) is 12.1. The molecule has 1 aromatic carbocycles. The maximum absolute atomic E-state index is 12.1. The minimum absolute atomic E-state index is 0.0996. The Labute approximate surface area is 124 Å². The molecule has 114 valence electrons. The first kappa shape index (κ1) is 14.2. The number of carbonyl (C=O) groups excluding carboxylic acids is 1. The predicted molar refractivity (Wildman–Crippen MR) is 76.8 cm³/mol. The minimum atomic E-state index is -0.0996. The number of hydrogen-bond acceptors (Lipinski definition) is 5. The Morgan fingerprint density at radius 3 is 3.10 bits per heavy atom. The van der Waals surface area contributed by atoms with Crippen molar-refractivity contribution in [3.05, 3.63) is 23.8 Å². The molecule has 1 saturated heterocycles. The van der Waals surface area contributed by atoms with Crippen LogP contribution in [0, 0.1) is 0 Å². The first-order chi connectivity index (χ1) is 10.2. The van der Waals surface area contributed by atoms with Crippen molar-refractivity contribution in [3.8, 4) is 11.5 Å². The van der Waals surface area contributed by atoms with E-state index in [0.717, 1.165) is 26.1 Å². The lowest BCUT2D eigenvalue weighted by Gasteiger charge is -2.30. The van der Waals surface area contributed by atoms with E-state index < -0.39 is 0 Å². The van der Waals surface area contributed by atoms with Crippen LogP contribution >= 0.6 is 0 Å². The van der Waals surface area contributed by atoms with E-state index in [1.54, 1.807) is 18.2 Å². The lowest BCUT2D eigenvalue weighted by atomic mass is 10.1. The molecule has 1 fully saturated rings. The molecule has 1 atom stereocenters. The average molecular weight is 292 g/mol. The second kappa shape index (κ2) is 6.32. The van der Waals surface area contributed by atoms with E-state index in [2.05, 4.69) is 17.3 Å². The van der Waals surface area contributed by atoms with Crippen LogP contribution < -0.4 is 14.8 Å². The summed E-state index contributed by atoms with van der Waals surface area (Å²) in [6.45, 7) is 3.47. The lowest BCUT2D eigenvalue weighted by Crippen LogP contribution is -2.41. The minimum Gasteiger partial charge on any atom is -0.454 e. The Morgan fingerprint density at radius 1 is 1.38 bits per heavy atom. The van der Waals surface area contributed by atoms with E-state index in [1.165, 1.54) is 0 Å². The van der Waals surface area contributed by atoms with Crippen molar-refractivity contribution in [2.45, 2.75) is 12.5 Å². The summed E-state index contributed by atoms with van der Waals surface area (Å²) < 4.78 is 16.2. The number of hydrogen-bond donors (Lipinski definition) is 1. The maximum Gasteiger partial charge on any atom is 0.251 e. The van der Waals surface area contributed by atoms with Gasteiger partial charge in [0.25, 0.3) is 5.91 Å². The highest BCUT2D eigenvalue weighted by Gasteiger charge is 2.19. The van der Waals surface area contributed by atoms with E-state index in [0.29, 0.717) is 23.6 Å². The molecule has 0 aromatic heterocycles. The molecule has 1 unspecified atom stereocenters. The number of nitrogens with zero attached hydrogens (tertiary/aromatic N) is 1. The smallest absolute Gasteiger partial charge is 0.251 e. The topological polar surface area (TPSA) is 60.0 Å². The van der Waals surface area contributed by atoms with Gasteiger partial charge in [-0.3, -0.25) is 4.79 Å². The van der Waals surface area contributed by atoms with Crippen LogP contribution in [0.4, 0.5) is 0 Å². The van der Waals surface area contributed by atoms with Crippen LogP contribution in [-0.4, -0.2) is 57.0 Å². The van der Waals surface area contributed by atoms with E-state index in [1.807, 2.05) is 0 Å². The van der Waals surface area contributed by atoms with Crippen molar-refractivity contribution in [3.63, 3.8) is 0 Å². The molecule has 0 spiro atoms. The van der Waals surface area contributed by atoms with Gasteiger partial charge in [0.1, 0.15) is 0 Å². The van der Waals surface area contributed by atoms with Gasteiger partial charge in [-0.1, -0.05) is 0 Å². The lowest BCUT2D eigenvalue weighted by molar-refractivity contribution is -0.0226. The number of carbonyl (C=O) groups is 1. The predicted octanol–water partition coefficient (Wildman–Crippen LogP) is 0.866. The molecule has 1 amide bonds. The number of ether oxygens (including phenoxy) is 3. The first-order valence-corrected chi connectivity index (χ1v) is 7.20. The van der Waals surface area contributed by atoms with Gasteiger partial charge in [0, 0.05) is 25.2 Å². The highest BCUT2D eigenvalue weighted by atomic mass is 16.7. The Morgan fingerprint density at radius 2 is 2.24 bits per heavy atom. The summed E-state index contributed by atoms with van der Waals surface area (Å²) in [6, 6.07) is 5.22.